The van der Waals surface area contributed by atoms with Crippen molar-refractivity contribution in [3.63, 3.8) is 0 Å². The van der Waals surface area contributed by atoms with Crippen molar-refractivity contribution in [2.24, 2.45) is 5.90 Å². The Morgan fingerprint density at radius 3 is 2.55 bits per heavy atom. The van der Waals surface area contributed by atoms with Gasteiger partial charge in [-0.2, -0.15) is 5.90 Å². The van der Waals surface area contributed by atoms with E-state index in [1.807, 2.05) is 0 Å². The Kier molecular flexibility index (Phi) is 4.40. The first-order valence-corrected chi connectivity index (χ1v) is 3.35. The molecule has 0 saturated carbocycles. The summed E-state index contributed by atoms with van der Waals surface area (Å²) in [6.07, 6.45) is 0. The Balaban J connectivity index is 0.000001000. The van der Waals surface area contributed by atoms with Crippen LogP contribution in [-0.2, 0) is 0 Å². The highest BCUT2D eigenvalue weighted by molar-refractivity contribution is 9.10. The minimum absolute atomic E-state index is 0. The maximum Gasteiger partial charge on any atom is 0.182 e. The van der Waals surface area contributed by atoms with Crippen LogP contribution in [0.5, 0.6) is 5.75 Å². The summed E-state index contributed by atoms with van der Waals surface area (Å²) in [4.78, 5) is 4.20. The molecule has 62 valence electrons. The van der Waals surface area contributed by atoms with Crippen molar-refractivity contribution in [1.29, 1.82) is 0 Å². The standard InChI is InChI=1S/C6H5BrFNO.ClH/c7-4-1-2-6(10-9)5(8)3-4;/h1-3H,9H2;1H. The molecule has 1 aromatic rings. The highest BCUT2D eigenvalue weighted by Gasteiger charge is 2.00. The molecule has 1 rings (SSSR count). The second-order valence-corrected chi connectivity index (χ2v) is 2.61. The van der Waals surface area contributed by atoms with Gasteiger partial charge in [-0.05, 0) is 18.2 Å². The van der Waals surface area contributed by atoms with Crippen molar-refractivity contribution < 1.29 is 9.23 Å². The van der Waals surface area contributed by atoms with E-state index in [4.69, 9.17) is 5.90 Å². The Morgan fingerprint density at radius 1 is 1.45 bits per heavy atom. The first-order chi connectivity index (χ1) is 4.74. The van der Waals surface area contributed by atoms with Gasteiger partial charge in [0.15, 0.2) is 11.6 Å². The van der Waals surface area contributed by atoms with Gasteiger partial charge in [0.05, 0.1) is 0 Å². The molecule has 0 aromatic heterocycles. The van der Waals surface area contributed by atoms with E-state index in [2.05, 4.69) is 20.8 Å². The molecule has 0 spiro atoms. The zero-order chi connectivity index (χ0) is 7.56. The fourth-order valence-corrected chi connectivity index (χ4v) is 0.904. The SMILES string of the molecule is Cl.NOc1ccc(Br)cc1F. The number of nitrogens with two attached hydrogens (primary N) is 1. The smallest absolute Gasteiger partial charge is 0.182 e. The van der Waals surface area contributed by atoms with Crippen LogP contribution >= 0.6 is 28.3 Å². The van der Waals surface area contributed by atoms with E-state index in [9.17, 15) is 4.39 Å². The number of hydrogen-bond acceptors (Lipinski definition) is 2. The van der Waals surface area contributed by atoms with Crippen LogP contribution in [0, 0.1) is 5.82 Å². The van der Waals surface area contributed by atoms with Gasteiger partial charge in [0, 0.05) is 4.47 Å². The third-order valence-electron chi connectivity index (χ3n) is 1.02. The molecule has 0 saturated heterocycles. The average molecular weight is 242 g/mol. The fourth-order valence-electron chi connectivity index (χ4n) is 0.571. The minimum Gasteiger partial charge on any atom is -0.408 e. The molecule has 0 fully saturated rings. The summed E-state index contributed by atoms with van der Waals surface area (Å²) in [6, 6.07) is 4.37. The molecule has 0 aliphatic rings. The van der Waals surface area contributed by atoms with Gasteiger partial charge in [-0.3, -0.25) is 0 Å². The largest absolute Gasteiger partial charge is 0.408 e. The summed E-state index contributed by atoms with van der Waals surface area (Å²) < 4.78 is 13.3. The molecule has 0 bridgehead atoms. The van der Waals surface area contributed by atoms with Crippen molar-refractivity contribution >= 4 is 28.3 Å². The number of benzene rings is 1. The van der Waals surface area contributed by atoms with E-state index < -0.39 is 5.82 Å². The highest BCUT2D eigenvalue weighted by atomic mass is 79.9. The predicted octanol–water partition coefficient (Wildman–Crippen LogP) is 2.26. The van der Waals surface area contributed by atoms with Crippen LogP contribution in [0.15, 0.2) is 22.7 Å². The summed E-state index contributed by atoms with van der Waals surface area (Å²) in [5.41, 5.74) is 0. The fraction of sp³-hybridized carbons (Fsp3) is 0. The highest BCUT2D eigenvalue weighted by Crippen LogP contribution is 2.19. The second kappa shape index (κ2) is 4.54. The zero-order valence-electron chi connectivity index (χ0n) is 5.38. The van der Waals surface area contributed by atoms with Crippen LogP contribution in [0.25, 0.3) is 0 Å². The quantitative estimate of drug-likeness (QED) is 0.767. The molecule has 0 atom stereocenters. The van der Waals surface area contributed by atoms with Gasteiger partial charge in [0.2, 0.25) is 0 Å². The zero-order valence-corrected chi connectivity index (χ0v) is 7.78. The van der Waals surface area contributed by atoms with Crippen molar-refractivity contribution in [2.75, 3.05) is 0 Å². The number of halogens is 3. The van der Waals surface area contributed by atoms with Crippen molar-refractivity contribution in [3.05, 3.63) is 28.5 Å². The summed E-state index contributed by atoms with van der Waals surface area (Å²) in [7, 11) is 0. The Morgan fingerprint density at radius 2 is 2.09 bits per heavy atom. The first-order valence-electron chi connectivity index (χ1n) is 2.56. The summed E-state index contributed by atoms with van der Waals surface area (Å²) in [5, 5.41) is 0. The number of rotatable bonds is 1. The maximum absolute atomic E-state index is 12.6. The molecule has 0 aliphatic heterocycles. The van der Waals surface area contributed by atoms with Gasteiger partial charge in [-0.1, -0.05) is 15.9 Å². The van der Waals surface area contributed by atoms with Crippen molar-refractivity contribution in [3.8, 4) is 5.75 Å². The van der Waals surface area contributed by atoms with Gasteiger partial charge in [-0.25, -0.2) is 4.39 Å². The molecule has 5 heteroatoms. The molecule has 2 nitrogen and oxygen atoms in total. The van der Waals surface area contributed by atoms with Gasteiger partial charge < -0.3 is 4.84 Å². The Hall–Kier alpha value is -0.320. The van der Waals surface area contributed by atoms with Gasteiger partial charge in [-0.15, -0.1) is 12.4 Å². The molecule has 0 amide bonds. The van der Waals surface area contributed by atoms with Crippen molar-refractivity contribution in [1.82, 2.24) is 0 Å². The molecular formula is C6H6BrClFNO. The molecule has 0 aliphatic carbocycles. The topological polar surface area (TPSA) is 35.2 Å². The third kappa shape index (κ3) is 2.65. The van der Waals surface area contributed by atoms with Gasteiger partial charge >= 0.3 is 0 Å². The molecule has 0 radical (unpaired) electrons. The monoisotopic (exact) mass is 241 g/mol. The minimum atomic E-state index is -0.475. The van der Waals surface area contributed by atoms with Crippen LogP contribution in [0.2, 0.25) is 0 Å². The van der Waals surface area contributed by atoms with Crippen LogP contribution < -0.4 is 10.7 Å². The number of hydrogen-bond donors (Lipinski definition) is 1. The summed E-state index contributed by atoms with van der Waals surface area (Å²) in [6.45, 7) is 0. The van der Waals surface area contributed by atoms with E-state index in [0.717, 1.165) is 0 Å². The lowest BCUT2D eigenvalue weighted by Gasteiger charge is -1.98. The molecule has 1 aromatic carbocycles. The van der Waals surface area contributed by atoms with Gasteiger partial charge in [0.25, 0.3) is 0 Å². The van der Waals surface area contributed by atoms with Crippen LogP contribution in [-0.4, -0.2) is 0 Å². The van der Waals surface area contributed by atoms with E-state index in [0.29, 0.717) is 4.47 Å². The van der Waals surface area contributed by atoms with E-state index in [1.54, 1.807) is 6.07 Å². The molecule has 2 N–H and O–H groups in total. The summed E-state index contributed by atoms with van der Waals surface area (Å²) >= 11 is 3.09. The van der Waals surface area contributed by atoms with E-state index in [1.165, 1.54) is 12.1 Å². The van der Waals surface area contributed by atoms with Crippen molar-refractivity contribution in [2.45, 2.75) is 0 Å². The average Bonchev–Trinajstić information content (AvgIpc) is 1.88. The molecule has 0 heterocycles. The molecule has 0 unspecified atom stereocenters. The van der Waals surface area contributed by atoms with Gasteiger partial charge in [0.1, 0.15) is 0 Å². The summed E-state index contributed by atoms with van der Waals surface area (Å²) in [5.74, 6) is 4.31. The third-order valence-corrected chi connectivity index (χ3v) is 1.51. The molecule has 11 heavy (non-hydrogen) atoms. The second-order valence-electron chi connectivity index (χ2n) is 1.69. The predicted molar refractivity (Wildman–Crippen MR) is 46.2 cm³/mol. The lowest BCUT2D eigenvalue weighted by Crippen LogP contribution is -2.03. The van der Waals surface area contributed by atoms with Crippen LogP contribution in [0.3, 0.4) is 0 Å². The van der Waals surface area contributed by atoms with Crippen LogP contribution in [0.1, 0.15) is 0 Å². The van der Waals surface area contributed by atoms with E-state index in [-0.39, 0.29) is 18.2 Å². The lowest BCUT2D eigenvalue weighted by molar-refractivity contribution is 0.315. The molecular weight excluding hydrogens is 236 g/mol. The van der Waals surface area contributed by atoms with E-state index >= 15 is 0 Å². The van der Waals surface area contributed by atoms with Crippen LogP contribution in [0.4, 0.5) is 4.39 Å². The normalized spacial score (nSPS) is 8.64. The first kappa shape index (κ1) is 10.7. The maximum atomic E-state index is 12.6. The lowest BCUT2D eigenvalue weighted by atomic mass is 10.3. The Labute approximate surface area is 78.0 Å². The Bertz CT molecular complexity index is 246.